The van der Waals surface area contributed by atoms with Crippen LogP contribution in [-0.2, 0) is 13.1 Å². The first-order chi connectivity index (χ1) is 18.5. The van der Waals surface area contributed by atoms with Gasteiger partial charge in [-0.25, -0.2) is 9.07 Å². The Morgan fingerprint density at radius 3 is 2.37 bits per heavy atom. The number of allylic oxidation sites excluding steroid dienone is 1. The minimum Gasteiger partial charge on any atom is -0.493 e. The summed E-state index contributed by atoms with van der Waals surface area (Å²) in [6.07, 6.45) is 2.59. The third-order valence-electron chi connectivity index (χ3n) is 6.29. The predicted octanol–water partition coefficient (Wildman–Crippen LogP) is 6.45. The van der Waals surface area contributed by atoms with Crippen molar-refractivity contribution >= 4 is 0 Å². The maximum absolute atomic E-state index is 13.6. The highest BCUT2D eigenvalue weighted by atomic mass is 19.1. The summed E-state index contributed by atoms with van der Waals surface area (Å²) in [4.78, 5) is 2.13. The molecule has 7 heteroatoms. The molecule has 38 heavy (non-hydrogen) atoms. The van der Waals surface area contributed by atoms with Crippen molar-refractivity contribution in [1.29, 1.82) is 0 Å². The lowest BCUT2D eigenvalue weighted by Gasteiger charge is -2.25. The van der Waals surface area contributed by atoms with Gasteiger partial charge in [-0.05, 0) is 61.7 Å². The molecule has 0 amide bonds. The number of hydrogen-bond acceptors (Lipinski definition) is 5. The number of halogens is 1. The van der Waals surface area contributed by atoms with E-state index in [9.17, 15) is 9.50 Å². The Morgan fingerprint density at radius 2 is 1.68 bits per heavy atom. The highest BCUT2D eigenvalue weighted by Gasteiger charge is 2.23. The third-order valence-corrected chi connectivity index (χ3v) is 6.29. The van der Waals surface area contributed by atoms with E-state index in [2.05, 4.69) is 11.5 Å². The van der Waals surface area contributed by atoms with E-state index in [1.54, 1.807) is 30.0 Å². The van der Waals surface area contributed by atoms with E-state index in [0.29, 0.717) is 43.4 Å². The highest BCUT2D eigenvalue weighted by Crippen LogP contribution is 2.36. The van der Waals surface area contributed by atoms with Crippen LogP contribution < -0.4 is 9.47 Å². The van der Waals surface area contributed by atoms with Crippen molar-refractivity contribution in [2.45, 2.75) is 39.0 Å². The van der Waals surface area contributed by atoms with Gasteiger partial charge in [0.2, 0.25) is 5.88 Å². The number of aryl methyl sites for hydroxylation is 1. The lowest BCUT2D eigenvalue weighted by Crippen LogP contribution is -2.32. The fourth-order valence-electron chi connectivity index (χ4n) is 4.33. The number of aliphatic hydroxyl groups excluding tert-OH is 1. The average Bonchev–Trinajstić information content (AvgIpc) is 3.24. The Bertz CT molecular complexity index is 1320. The van der Waals surface area contributed by atoms with E-state index in [0.717, 1.165) is 28.9 Å². The zero-order chi connectivity index (χ0) is 26.9. The van der Waals surface area contributed by atoms with Gasteiger partial charge in [0.25, 0.3) is 0 Å². The topological polar surface area (TPSA) is 59.8 Å². The van der Waals surface area contributed by atoms with Crippen molar-refractivity contribution in [2.24, 2.45) is 0 Å². The average molecular weight is 516 g/mol. The molecule has 0 bridgehead atoms. The Balaban J connectivity index is 1.73. The van der Waals surface area contributed by atoms with Crippen LogP contribution in [0.25, 0.3) is 5.69 Å². The Hall–Kier alpha value is -3.94. The van der Waals surface area contributed by atoms with Gasteiger partial charge in [-0.2, -0.15) is 5.10 Å². The standard InChI is InChI=1S/C31H34FN3O3/c1-4-5-13-27(36)21-34(20-24-16-18-25(32)19-17-24)22-28-23(2)33-35(26-11-7-6-8-12-26)31(28)38-30-15-10-9-14-29(30)37-3/h4,6-12,14-19,27,36H,1,5,13,20-22H2,2-3H3/t27-/m0/s1. The summed E-state index contributed by atoms with van der Waals surface area (Å²) in [6.45, 7) is 7.13. The number of rotatable bonds is 13. The molecule has 6 nitrogen and oxygen atoms in total. The molecule has 1 heterocycles. The van der Waals surface area contributed by atoms with E-state index in [1.807, 2.05) is 61.5 Å². The molecule has 0 aliphatic rings. The van der Waals surface area contributed by atoms with E-state index >= 15 is 0 Å². The summed E-state index contributed by atoms with van der Waals surface area (Å²) >= 11 is 0. The van der Waals surface area contributed by atoms with Crippen LogP contribution in [-0.4, -0.2) is 39.5 Å². The first-order valence-corrected chi connectivity index (χ1v) is 12.7. The number of aliphatic hydroxyl groups is 1. The zero-order valence-corrected chi connectivity index (χ0v) is 21.9. The van der Waals surface area contributed by atoms with Gasteiger partial charge in [-0.3, -0.25) is 4.90 Å². The summed E-state index contributed by atoms with van der Waals surface area (Å²) < 4.78 is 27.4. The first-order valence-electron chi connectivity index (χ1n) is 12.7. The second kappa shape index (κ2) is 13.0. The second-order valence-electron chi connectivity index (χ2n) is 9.19. The quantitative estimate of drug-likeness (QED) is 0.207. The lowest BCUT2D eigenvalue weighted by atomic mass is 10.1. The second-order valence-corrected chi connectivity index (χ2v) is 9.19. The van der Waals surface area contributed by atoms with Crippen molar-refractivity contribution in [2.75, 3.05) is 13.7 Å². The molecule has 0 saturated carbocycles. The van der Waals surface area contributed by atoms with Gasteiger partial charge in [0, 0.05) is 19.6 Å². The normalized spacial score (nSPS) is 11.9. The van der Waals surface area contributed by atoms with Crippen LogP contribution in [0.15, 0.2) is 91.5 Å². The zero-order valence-electron chi connectivity index (χ0n) is 21.9. The smallest absolute Gasteiger partial charge is 0.227 e. The molecule has 3 aromatic carbocycles. The molecule has 0 aliphatic heterocycles. The van der Waals surface area contributed by atoms with Gasteiger partial charge in [0.1, 0.15) is 5.82 Å². The van der Waals surface area contributed by atoms with Crippen LogP contribution in [0, 0.1) is 12.7 Å². The SMILES string of the molecule is C=CCC[C@H](O)CN(Cc1ccc(F)cc1)Cc1c(C)nn(-c2ccccc2)c1Oc1ccccc1OC. The van der Waals surface area contributed by atoms with Crippen molar-refractivity contribution in [3.05, 3.63) is 114 Å². The van der Waals surface area contributed by atoms with Crippen LogP contribution >= 0.6 is 0 Å². The molecule has 0 unspecified atom stereocenters. The van der Waals surface area contributed by atoms with Crippen LogP contribution in [0.3, 0.4) is 0 Å². The largest absolute Gasteiger partial charge is 0.493 e. The van der Waals surface area contributed by atoms with Crippen molar-refractivity contribution in [1.82, 2.24) is 14.7 Å². The number of benzene rings is 3. The van der Waals surface area contributed by atoms with Crippen molar-refractivity contribution in [3.63, 3.8) is 0 Å². The fourth-order valence-corrected chi connectivity index (χ4v) is 4.33. The van der Waals surface area contributed by atoms with Crippen LogP contribution in [0.2, 0.25) is 0 Å². The van der Waals surface area contributed by atoms with Crippen LogP contribution in [0.4, 0.5) is 4.39 Å². The van der Waals surface area contributed by atoms with Gasteiger partial charge in [0.05, 0.1) is 30.2 Å². The third kappa shape index (κ3) is 6.88. The summed E-state index contributed by atoms with van der Waals surface area (Å²) in [6, 6.07) is 23.7. The first kappa shape index (κ1) is 27.1. The van der Waals surface area contributed by atoms with E-state index in [4.69, 9.17) is 14.6 Å². The molecule has 0 aliphatic carbocycles. The predicted molar refractivity (Wildman–Crippen MR) is 147 cm³/mol. The highest BCUT2D eigenvalue weighted by molar-refractivity contribution is 5.47. The molecule has 1 atom stereocenters. The molecule has 0 saturated heterocycles. The fraction of sp³-hybridized carbons (Fsp3) is 0.258. The maximum atomic E-state index is 13.6. The lowest BCUT2D eigenvalue weighted by molar-refractivity contribution is 0.0978. The van der Waals surface area contributed by atoms with Gasteiger partial charge in [-0.15, -0.1) is 6.58 Å². The van der Waals surface area contributed by atoms with Gasteiger partial charge in [-0.1, -0.05) is 48.5 Å². The van der Waals surface area contributed by atoms with Crippen molar-refractivity contribution in [3.8, 4) is 23.1 Å². The Morgan fingerprint density at radius 1 is 1.00 bits per heavy atom. The minimum absolute atomic E-state index is 0.279. The molecule has 1 aromatic heterocycles. The van der Waals surface area contributed by atoms with E-state index in [-0.39, 0.29) is 5.82 Å². The molecule has 0 fully saturated rings. The number of ether oxygens (including phenoxy) is 2. The molecule has 4 rings (SSSR count). The number of nitrogens with zero attached hydrogens (tertiary/aromatic N) is 3. The van der Waals surface area contributed by atoms with E-state index in [1.165, 1.54) is 12.1 Å². The minimum atomic E-state index is -0.545. The molecule has 198 valence electrons. The van der Waals surface area contributed by atoms with Crippen LogP contribution in [0.5, 0.6) is 17.4 Å². The maximum Gasteiger partial charge on any atom is 0.227 e. The van der Waals surface area contributed by atoms with Gasteiger partial charge in [0.15, 0.2) is 11.5 Å². The molecule has 4 aromatic rings. The van der Waals surface area contributed by atoms with Gasteiger partial charge < -0.3 is 14.6 Å². The molecular weight excluding hydrogens is 481 g/mol. The van der Waals surface area contributed by atoms with Crippen molar-refractivity contribution < 1.29 is 19.0 Å². The molecule has 0 spiro atoms. The van der Waals surface area contributed by atoms with Crippen LogP contribution in [0.1, 0.15) is 29.7 Å². The number of para-hydroxylation sites is 3. The summed E-state index contributed by atoms with van der Waals surface area (Å²) in [5.74, 6) is 1.48. The Kier molecular flexibility index (Phi) is 9.30. The molecule has 0 radical (unpaired) electrons. The number of aromatic nitrogens is 2. The summed E-state index contributed by atoms with van der Waals surface area (Å²) in [5, 5.41) is 15.6. The molecule has 1 N–H and O–H groups in total. The molecular formula is C31H34FN3O3. The summed E-state index contributed by atoms with van der Waals surface area (Å²) in [7, 11) is 1.61. The Labute approximate surface area is 223 Å². The van der Waals surface area contributed by atoms with E-state index < -0.39 is 6.10 Å². The number of hydrogen-bond donors (Lipinski definition) is 1. The van der Waals surface area contributed by atoms with Gasteiger partial charge >= 0.3 is 0 Å². The monoisotopic (exact) mass is 515 g/mol. The number of methoxy groups -OCH3 is 1. The summed E-state index contributed by atoms with van der Waals surface area (Å²) in [5.41, 5.74) is 3.51.